The molecule has 0 aliphatic carbocycles. The average Bonchev–Trinajstić information content (AvgIpc) is 2.48. The van der Waals surface area contributed by atoms with Crippen LogP contribution in [0.4, 0.5) is 0 Å². The van der Waals surface area contributed by atoms with E-state index < -0.39 is 0 Å². The molecule has 2 atom stereocenters. The third kappa shape index (κ3) is 3.64. The molecule has 2 heterocycles. The highest BCUT2D eigenvalue weighted by Crippen LogP contribution is 2.38. The maximum absolute atomic E-state index is 6.19. The third-order valence-corrected chi connectivity index (χ3v) is 6.02. The van der Waals surface area contributed by atoms with E-state index in [2.05, 4.69) is 55.2 Å². The van der Waals surface area contributed by atoms with Gasteiger partial charge in [-0.2, -0.15) is 11.8 Å². The molecule has 0 amide bonds. The van der Waals surface area contributed by atoms with Crippen LogP contribution in [0.15, 0.2) is 24.3 Å². The molecule has 2 saturated heterocycles. The van der Waals surface area contributed by atoms with Crippen molar-refractivity contribution in [2.75, 3.05) is 18.1 Å². The van der Waals surface area contributed by atoms with Crippen molar-refractivity contribution in [2.24, 2.45) is 0 Å². The second-order valence-electron chi connectivity index (χ2n) is 6.58. The van der Waals surface area contributed by atoms with Gasteiger partial charge < -0.3 is 10.1 Å². The van der Waals surface area contributed by atoms with Crippen molar-refractivity contribution < 1.29 is 4.74 Å². The molecule has 2 aliphatic rings. The molecule has 1 unspecified atom stereocenters. The molecule has 2 nitrogen and oxygen atoms in total. The zero-order chi connectivity index (χ0) is 14.7. The molecular weight excluding hydrogens is 278 g/mol. The summed E-state index contributed by atoms with van der Waals surface area (Å²) in [7, 11) is 0. The predicted molar refractivity (Wildman–Crippen MR) is 91.0 cm³/mol. The lowest BCUT2D eigenvalue weighted by molar-refractivity contribution is -0.0940. The van der Waals surface area contributed by atoms with Crippen molar-refractivity contribution in [3.05, 3.63) is 35.4 Å². The summed E-state index contributed by atoms with van der Waals surface area (Å²) in [5.41, 5.74) is 2.98. The summed E-state index contributed by atoms with van der Waals surface area (Å²) in [5.74, 6) is 2.53. The molecule has 21 heavy (non-hydrogen) atoms. The van der Waals surface area contributed by atoms with E-state index in [9.17, 15) is 0 Å². The van der Waals surface area contributed by atoms with E-state index >= 15 is 0 Å². The number of rotatable bonds is 3. The van der Waals surface area contributed by atoms with Crippen LogP contribution in [0.2, 0.25) is 0 Å². The molecule has 116 valence electrons. The minimum absolute atomic E-state index is 0.173. The van der Waals surface area contributed by atoms with Crippen LogP contribution in [0.5, 0.6) is 0 Å². The molecule has 0 radical (unpaired) electrons. The fourth-order valence-electron chi connectivity index (χ4n) is 3.78. The predicted octanol–water partition coefficient (Wildman–Crippen LogP) is 4.09. The molecule has 3 rings (SSSR count). The third-order valence-electron chi connectivity index (χ3n) is 5.04. The topological polar surface area (TPSA) is 21.3 Å². The van der Waals surface area contributed by atoms with Crippen LogP contribution in [0.25, 0.3) is 0 Å². The Kier molecular flexibility index (Phi) is 4.92. The van der Waals surface area contributed by atoms with Crippen molar-refractivity contribution in [1.29, 1.82) is 0 Å². The Morgan fingerprint density at radius 3 is 2.81 bits per heavy atom. The summed E-state index contributed by atoms with van der Waals surface area (Å²) in [6.07, 6.45) is 4.79. The van der Waals surface area contributed by atoms with E-state index in [4.69, 9.17) is 4.74 Å². The van der Waals surface area contributed by atoms with E-state index in [1.54, 1.807) is 0 Å². The van der Waals surface area contributed by atoms with Crippen LogP contribution in [-0.2, 0) is 4.74 Å². The van der Waals surface area contributed by atoms with E-state index in [1.165, 1.54) is 41.9 Å². The Morgan fingerprint density at radius 1 is 1.29 bits per heavy atom. The van der Waals surface area contributed by atoms with Gasteiger partial charge in [0, 0.05) is 18.7 Å². The van der Waals surface area contributed by atoms with Crippen molar-refractivity contribution >= 4 is 11.8 Å². The summed E-state index contributed by atoms with van der Waals surface area (Å²) in [5, 5.41) is 3.86. The Bertz CT molecular complexity index is 465. The van der Waals surface area contributed by atoms with Crippen LogP contribution in [0, 0.1) is 6.92 Å². The van der Waals surface area contributed by atoms with Crippen molar-refractivity contribution in [1.82, 2.24) is 5.32 Å². The van der Waals surface area contributed by atoms with E-state index in [0.29, 0.717) is 12.1 Å². The maximum Gasteiger partial charge on any atom is 0.0713 e. The highest BCUT2D eigenvalue weighted by atomic mass is 32.2. The average molecular weight is 305 g/mol. The van der Waals surface area contributed by atoms with Gasteiger partial charge in [-0.15, -0.1) is 0 Å². The first-order valence-corrected chi connectivity index (χ1v) is 9.37. The van der Waals surface area contributed by atoms with E-state index in [1.807, 2.05) is 0 Å². The Balaban J connectivity index is 1.63. The minimum atomic E-state index is 0.173. The van der Waals surface area contributed by atoms with Crippen LogP contribution in [0.1, 0.15) is 49.8 Å². The second kappa shape index (κ2) is 6.72. The van der Waals surface area contributed by atoms with Gasteiger partial charge in [0.2, 0.25) is 0 Å². The molecule has 1 aromatic rings. The van der Waals surface area contributed by atoms with Crippen LogP contribution in [-0.4, -0.2) is 29.8 Å². The number of nitrogens with one attached hydrogen (secondary N) is 1. The van der Waals surface area contributed by atoms with Crippen molar-refractivity contribution in [2.45, 2.75) is 57.2 Å². The summed E-state index contributed by atoms with van der Waals surface area (Å²) in [6.45, 7) is 5.42. The number of ether oxygens (including phenoxy) is 1. The number of hydrogen-bond acceptors (Lipinski definition) is 3. The van der Waals surface area contributed by atoms with Crippen molar-refractivity contribution in [3.8, 4) is 0 Å². The first-order chi connectivity index (χ1) is 10.2. The van der Waals surface area contributed by atoms with Crippen LogP contribution < -0.4 is 5.32 Å². The quantitative estimate of drug-likeness (QED) is 0.909. The fraction of sp³-hybridized carbons (Fsp3) is 0.667. The van der Waals surface area contributed by atoms with E-state index in [-0.39, 0.29) is 5.60 Å². The van der Waals surface area contributed by atoms with Gasteiger partial charge in [-0.05, 0) is 62.2 Å². The molecule has 2 fully saturated rings. The van der Waals surface area contributed by atoms with Crippen LogP contribution >= 0.6 is 11.8 Å². The SMILES string of the molecule is Cc1ccccc1[C@@H](C)NC1CCOC2(CCSCC2)C1. The molecule has 1 N–H and O–H groups in total. The maximum atomic E-state index is 6.19. The molecule has 0 saturated carbocycles. The zero-order valence-electron chi connectivity index (χ0n) is 13.2. The Hall–Kier alpha value is -0.510. The van der Waals surface area contributed by atoms with Gasteiger partial charge >= 0.3 is 0 Å². The lowest BCUT2D eigenvalue weighted by Gasteiger charge is -2.44. The molecule has 0 bridgehead atoms. The molecular formula is C18H27NOS. The van der Waals surface area contributed by atoms with Crippen LogP contribution in [0.3, 0.4) is 0 Å². The lowest BCUT2D eigenvalue weighted by Crippen LogP contribution is -2.49. The molecule has 1 aromatic carbocycles. The van der Waals surface area contributed by atoms with Gasteiger partial charge in [-0.1, -0.05) is 24.3 Å². The molecule has 3 heteroatoms. The highest BCUT2D eigenvalue weighted by molar-refractivity contribution is 7.99. The summed E-state index contributed by atoms with van der Waals surface area (Å²) < 4.78 is 6.19. The number of hydrogen-bond donors (Lipinski definition) is 1. The lowest BCUT2D eigenvalue weighted by atomic mass is 9.85. The highest BCUT2D eigenvalue weighted by Gasteiger charge is 2.38. The fourth-order valence-corrected chi connectivity index (χ4v) is 5.01. The summed E-state index contributed by atoms with van der Waals surface area (Å²) in [6, 6.07) is 9.73. The van der Waals surface area contributed by atoms with Gasteiger partial charge in [0.1, 0.15) is 0 Å². The van der Waals surface area contributed by atoms with Gasteiger partial charge in [0.05, 0.1) is 5.60 Å². The zero-order valence-corrected chi connectivity index (χ0v) is 14.0. The molecule has 0 aromatic heterocycles. The standard InChI is InChI=1S/C18H27NOS/c1-14-5-3-4-6-17(14)15(2)19-16-7-10-20-18(13-16)8-11-21-12-9-18/h3-6,15-16,19H,7-13H2,1-2H3/t15-,16?/m1/s1. The number of thioether (sulfide) groups is 1. The van der Waals surface area contributed by atoms with Gasteiger partial charge in [-0.3, -0.25) is 0 Å². The molecule has 2 aliphatic heterocycles. The number of aryl methyl sites for hydroxylation is 1. The second-order valence-corrected chi connectivity index (χ2v) is 7.80. The summed E-state index contributed by atoms with van der Waals surface area (Å²) >= 11 is 2.08. The minimum Gasteiger partial charge on any atom is -0.375 e. The monoisotopic (exact) mass is 305 g/mol. The van der Waals surface area contributed by atoms with E-state index in [0.717, 1.165) is 13.0 Å². The molecule has 1 spiro atoms. The largest absolute Gasteiger partial charge is 0.375 e. The van der Waals surface area contributed by atoms with Gasteiger partial charge in [0.25, 0.3) is 0 Å². The van der Waals surface area contributed by atoms with Crippen molar-refractivity contribution in [3.63, 3.8) is 0 Å². The smallest absolute Gasteiger partial charge is 0.0713 e. The van der Waals surface area contributed by atoms with Gasteiger partial charge in [0.15, 0.2) is 0 Å². The number of benzene rings is 1. The normalized spacial score (nSPS) is 26.7. The van der Waals surface area contributed by atoms with Gasteiger partial charge in [-0.25, -0.2) is 0 Å². The Labute approximate surface area is 133 Å². The summed E-state index contributed by atoms with van der Waals surface area (Å²) in [4.78, 5) is 0. The Morgan fingerprint density at radius 2 is 2.05 bits per heavy atom. The first kappa shape index (κ1) is 15.4. The first-order valence-electron chi connectivity index (χ1n) is 8.22.